The van der Waals surface area contributed by atoms with Gasteiger partial charge in [-0.15, -0.1) is 0 Å². The Labute approximate surface area is 205 Å². The predicted molar refractivity (Wildman–Crippen MR) is 132 cm³/mol. The normalized spacial score (nSPS) is 14.5. The van der Waals surface area contributed by atoms with Gasteiger partial charge in [-0.05, 0) is 31.0 Å². The lowest BCUT2D eigenvalue weighted by atomic mass is 9.79. The molecule has 4 rings (SSSR count). The minimum atomic E-state index is -1.22. The van der Waals surface area contributed by atoms with Gasteiger partial charge in [0.1, 0.15) is 13.2 Å². The van der Waals surface area contributed by atoms with Crippen LogP contribution >= 0.6 is 0 Å². The molecule has 2 atom stereocenters. The average Bonchev–Trinajstić information content (AvgIpc) is 2.91. The second-order valence-corrected chi connectivity index (χ2v) is 8.60. The van der Waals surface area contributed by atoms with Crippen molar-refractivity contribution in [3.63, 3.8) is 0 Å². The van der Waals surface area contributed by atoms with Crippen LogP contribution in [-0.4, -0.2) is 49.6 Å². The SMILES string of the molecule is CC(N(C)C(=O)C(N)Cc1ccc2c(c1)OCCO2)C(OC=O)(c1ccccc1)c1ccccc1. The number of hydrogen-bond donors (Lipinski definition) is 1. The van der Waals surface area contributed by atoms with Crippen LogP contribution in [0, 0.1) is 0 Å². The molecule has 35 heavy (non-hydrogen) atoms. The standard InChI is InChI=1S/C28H30N2O5/c1-20(28(35-19-31,22-9-5-3-6-10-22)23-11-7-4-8-12-23)30(2)27(32)24(29)17-21-13-14-25-26(18-21)34-16-15-33-25/h3-14,18-20,24H,15-17,29H2,1-2H3. The summed E-state index contributed by atoms with van der Waals surface area (Å²) in [6, 6.07) is 23.1. The minimum Gasteiger partial charge on any atom is -0.486 e. The van der Waals surface area contributed by atoms with Crippen LogP contribution in [0.25, 0.3) is 0 Å². The zero-order valence-electron chi connectivity index (χ0n) is 19.9. The van der Waals surface area contributed by atoms with Gasteiger partial charge in [-0.3, -0.25) is 9.59 Å². The first kappa shape index (κ1) is 24.3. The molecular formula is C28H30N2O5. The van der Waals surface area contributed by atoms with E-state index in [1.165, 1.54) is 0 Å². The van der Waals surface area contributed by atoms with Crippen molar-refractivity contribution < 1.29 is 23.8 Å². The average molecular weight is 475 g/mol. The zero-order valence-corrected chi connectivity index (χ0v) is 19.9. The summed E-state index contributed by atoms with van der Waals surface area (Å²) in [5, 5.41) is 0. The third kappa shape index (κ3) is 4.86. The van der Waals surface area contributed by atoms with Crippen LogP contribution in [0.2, 0.25) is 0 Å². The van der Waals surface area contributed by atoms with Crippen molar-refractivity contribution in [2.24, 2.45) is 5.73 Å². The van der Waals surface area contributed by atoms with E-state index >= 15 is 0 Å². The third-order valence-electron chi connectivity index (χ3n) is 6.54. The van der Waals surface area contributed by atoms with E-state index in [0.717, 1.165) is 16.7 Å². The summed E-state index contributed by atoms with van der Waals surface area (Å²) in [6.45, 7) is 3.29. The lowest BCUT2D eigenvalue weighted by molar-refractivity contribution is -0.153. The van der Waals surface area contributed by atoms with Gasteiger partial charge in [0, 0.05) is 18.2 Å². The van der Waals surface area contributed by atoms with E-state index in [9.17, 15) is 9.59 Å². The molecule has 0 radical (unpaired) electrons. The smallest absolute Gasteiger partial charge is 0.294 e. The highest BCUT2D eigenvalue weighted by atomic mass is 16.6. The highest BCUT2D eigenvalue weighted by Crippen LogP contribution is 2.39. The first-order valence-corrected chi connectivity index (χ1v) is 11.6. The minimum absolute atomic E-state index is 0.266. The molecule has 182 valence electrons. The number of nitrogens with two attached hydrogens (primary N) is 1. The first-order valence-electron chi connectivity index (χ1n) is 11.6. The summed E-state index contributed by atoms with van der Waals surface area (Å²) >= 11 is 0. The molecule has 7 heteroatoms. The summed E-state index contributed by atoms with van der Waals surface area (Å²) in [6.07, 6.45) is 0.324. The monoisotopic (exact) mass is 474 g/mol. The third-order valence-corrected chi connectivity index (χ3v) is 6.54. The van der Waals surface area contributed by atoms with Crippen LogP contribution in [0.5, 0.6) is 11.5 Å². The number of hydrogen-bond acceptors (Lipinski definition) is 6. The fourth-order valence-corrected chi connectivity index (χ4v) is 4.61. The van der Waals surface area contributed by atoms with Gasteiger partial charge in [0.15, 0.2) is 17.1 Å². The van der Waals surface area contributed by atoms with Crippen molar-refractivity contribution in [1.82, 2.24) is 4.90 Å². The number of likely N-dealkylation sites (N-methyl/N-ethyl adjacent to an activating group) is 1. The van der Waals surface area contributed by atoms with E-state index < -0.39 is 17.7 Å². The van der Waals surface area contributed by atoms with Crippen molar-refractivity contribution >= 4 is 12.4 Å². The molecule has 0 saturated carbocycles. The molecule has 0 bridgehead atoms. The molecule has 1 aliphatic rings. The quantitative estimate of drug-likeness (QED) is 0.479. The topological polar surface area (TPSA) is 91.1 Å². The van der Waals surface area contributed by atoms with E-state index in [0.29, 0.717) is 37.6 Å². The van der Waals surface area contributed by atoms with E-state index in [1.54, 1.807) is 11.9 Å². The Hall–Kier alpha value is -3.84. The molecule has 2 N–H and O–H groups in total. The number of amides is 1. The number of benzene rings is 3. The van der Waals surface area contributed by atoms with Crippen LogP contribution < -0.4 is 15.2 Å². The van der Waals surface area contributed by atoms with Crippen LogP contribution in [-0.2, 0) is 26.3 Å². The molecular weight excluding hydrogens is 444 g/mol. The van der Waals surface area contributed by atoms with Crippen molar-refractivity contribution in [3.05, 3.63) is 95.6 Å². The molecule has 7 nitrogen and oxygen atoms in total. The molecule has 1 amide bonds. The van der Waals surface area contributed by atoms with Gasteiger partial charge in [-0.25, -0.2) is 0 Å². The molecule has 3 aromatic rings. The molecule has 0 spiro atoms. The molecule has 3 aromatic carbocycles. The highest BCUT2D eigenvalue weighted by Gasteiger charge is 2.45. The second kappa shape index (κ2) is 10.6. The first-order chi connectivity index (χ1) is 17.0. The van der Waals surface area contributed by atoms with Crippen molar-refractivity contribution in [2.75, 3.05) is 20.3 Å². The molecule has 0 aliphatic carbocycles. The maximum atomic E-state index is 13.5. The van der Waals surface area contributed by atoms with Gasteiger partial charge < -0.3 is 24.8 Å². The van der Waals surface area contributed by atoms with Crippen molar-refractivity contribution in [1.29, 1.82) is 0 Å². The van der Waals surface area contributed by atoms with Gasteiger partial charge >= 0.3 is 0 Å². The molecule has 0 fully saturated rings. The maximum absolute atomic E-state index is 13.5. The zero-order chi connectivity index (χ0) is 24.8. The van der Waals surface area contributed by atoms with Gasteiger partial charge in [0.2, 0.25) is 5.91 Å². The van der Waals surface area contributed by atoms with E-state index in [1.807, 2.05) is 85.8 Å². The van der Waals surface area contributed by atoms with E-state index in [2.05, 4.69) is 0 Å². The Morgan fingerprint density at radius 1 is 1.00 bits per heavy atom. The largest absolute Gasteiger partial charge is 0.486 e. The van der Waals surface area contributed by atoms with Gasteiger partial charge in [0.05, 0.1) is 12.1 Å². The van der Waals surface area contributed by atoms with Gasteiger partial charge in [-0.1, -0.05) is 66.7 Å². The van der Waals surface area contributed by atoms with E-state index in [4.69, 9.17) is 19.9 Å². The summed E-state index contributed by atoms with van der Waals surface area (Å²) < 4.78 is 17.1. The van der Waals surface area contributed by atoms with Crippen molar-refractivity contribution in [2.45, 2.75) is 31.0 Å². The van der Waals surface area contributed by atoms with Gasteiger partial charge in [0.25, 0.3) is 6.47 Å². The summed E-state index contributed by atoms with van der Waals surface area (Å²) in [4.78, 5) is 26.8. The number of rotatable bonds is 9. The maximum Gasteiger partial charge on any atom is 0.294 e. The Balaban J connectivity index is 1.62. The summed E-state index contributed by atoms with van der Waals surface area (Å²) in [5.74, 6) is 1.08. The predicted octanol–water partition coefficient (Wildman–Crippen LogP) is 3.29. The van der Waals surface area contributed by atoms with Crippen LogP contribution in [0.4, 0.5) is 0 Å². The molecule has 1 heterocycles. The van der Waals surface area contributed by atoms with Crippen LogP contribution in [0.1, 0.15) is 23.6 Å². The molecule has 0 saturated heterocycles. The molecule has 1 aliphatic heterocycles. The number of carbonyl (C=O) groups excluding carboxylic acids is 2. The van der Waals surface area contributed by atoms with Crippen molar-refractivity contribution in [3.8, 4) is 11.5 Å². The molecule has 0 aromatic heterocycles. The Kier molecular flexibility index (Phi) is 7.36. The lowest BCUT2D eigenvalue weighted by Gasteiger charge is -2.43. The van der Waals surface area contributed by atoms with Crippen LogP contribution in [0.3, 0.4) is 0 Å². The number of nitrogens with zero attached hydrogens (tertiary/aromatic N) is 1. The summed E-state index contributed by atoms with van der Waals surface area (Å²) in [7, 11) is 1.69. The lowest BCUT2D eigenvalue weighted by Crippen LogP contribution is -2.55. The number of carbonyl (C=O) groups is 2. The fraction of sp³-hybridized carbons (Fsp3) is 0.286. The van der Waals surface area contributed by atoms with E-state index in [-0.39, 0.29) is 5.91 Å². The Morgan fingerprint density at radius 2 is 1.57 bits per heavy atom. The second-order valence-electron chi connectivity index (χ2n) is 8.60. The molecule has 2 unspecified atom stereocenters. The highest BCUT2D eigenvalue weighted by molar-refractivity contribution is 5.82. The van der Waals surface area contributed by atoms with Gasteiger partial charge in [-0.2, -0.15) is 0 Å². The Morgan fingerprint density at radius 3 is 2.14 bits per heavy atom. The summed E-state index contributed by atoms with van der Waals surface area (Å²) in [5.41, 5.74) is 7.55. The van der Waals surface area contributed by atoms with Crippen LogP contribution in [0.15, 0.2) is 78.9 Å². The number of fused-ring (bicyclic) bond motifs is 1. The Bertz CT molecular complexity index is 1110. The fourth-order valence-electron chi connectivity index (χ4n) is 4.61. The number of ether oxygens (including phenoxy) is 3.